The lowest BCUT2D eigenvalue weighted by molar-refractivity contribution is -0.140. The molecule has 0 unspecified atom stereocenters. The van der Waals surface area contributed by atoms with Gasteiger partial charge in [0.05, 0.1) is 11.3 Å². The zero-order valence-corrected chi connectivity index (χ0v) is 15.1. The number of Topliss-reactive ketones (excluding diaryl/α,β-unsaturated/α-hetero) is 1. The smallest absolute Gasteiger partial charge is 0.295 e. The van der Waals surface area contributed by atoms with Crippen LogP contribution in [0.3, 0.4) is 0 Å². The fraction of sp³-hybridized carbons (Fsp3) is 0.250. The van der Waals surface area contributed by atoms with Crippen LogP contribution in [0.25, 0.3) is 5.76 Å². The summed E-state index contributed by atoms with van der Waals surface area (Å²) < 4.78 is 13.2. The molecule has 140 valence electrons. The van der Waals surface area contributed by atoms with Crippen LogP contribution in [0.5, 0.6) is 0 Å². The first-order valence-electron chi connectivity index (χ1n) is 8.50. The molecule has 1 atom stereocenters. The fourth-order valence-electron chi connectivity index (χ4n) is 3.03. The molecule has 1 fully saturated rings. The first-order chi connectivity index (χ1) is 12.9. The number of aliphatic hydroxyl groups excluding tert-OH is 1. The second-order valence-corrected chi connectivity index (χ2v) is 6.56. The summed E-state index contributed by atoms with van der Waals surface area (Å²) in [4.78, 5) is 32.9. The summed E-state index contributed by atoms with van der Waals surface area (Å²) in [5.74, 6) is -2.25. The van der Waals surface area contributed by atoms with Gasteiger partial charge in [-0.05, 0) is 50.5 Å². The van der Waals surface area contributed by atoms with Gasteiger partial charge in [0.2, 0.25) is 0 Å². The van der Waals surface area contributed by atoms with Crippen LogP contribution < -0.4 is 0 Å². The van der Waals surface area contributed by atoms with E-state index in [1.807, 2.05) is 19.0 Å². The van der Waals surface area contributed by atoms with Gasteiger partial charge in [-0.1, -0.05) is 6.07 Å². The minimum atomic E-state index is -0.795. The van der Waals surface area contributed by atoms with Crippen LogP contribution in [0.4, 0.5) is 4.39 Å². The summed E-state index contributed by atoms with van der Waals surface area (Å²) in [6.45, 7) is 0.853. The third-order valence-electron chi connectivity index (χ3n) is 4.41. The third-order valence-corrected chi connectivity index (χ3v) is 4.41. The van der Waals surface area contributed by atoms with E-state index in [2.05, 4.69) is 4.98 Å². The summed E-state index contributed by atoms with van der Waals surface area (Å²) in [7, 11) is 3.73. The number of ketones is 1. The molecule has 1 aliphatic rings. The van der Waals surface area contributed by atoms with Gasteiger partial charge in [0.15, 0.2) is 0 Å². The van der Waals surface area contributed by atoms with Gasteiger partial charge < -0.3 is 14.9 Å². The van der Waals surface area contributed by atoms with Crippen LogP contribution in [0, 0.1) is 5.82 Å². The van der Waals surface area contributed by atoms with Gasteiger partial charge in [-0.15, -0.1) is 0 Å². The maximum atomic E-state index is 13.2. The van der Waals surface area contributed by atoms with Crippen LogP contribution in [-0.2, 0) is 9.59 Å². The lowest BCUT2D eigenvalue weighted by atomic mass is 9.98. The highest BCUT2D eigenvalue weighted by atomic mass is 19.1. The van der Waals surface area contributed by atoms with Gasteiger partial charge in [-0.25, -0.2) is 4.39 Å². The molecular formula is C20H20FN3O3. The standard InChI is InChI=1S/C20H20FN3O3/c1-23(2)11-12-24-17(15-5-3-4-10-22-15)16(19(26)20(24)27)18(25)13-6-8-14(21)9-7-13/h3-10,17,25H,11-12H2,1-2H3/t17-/m0/s1. The number of aromatic nitrogens is 1. The second kappa shape index (κ2) is 7.67. The molecule has 1 aromatic carbocycles. The zero-order chi connectivity index (χ0) is 19.6. The van der Waals surface area contributed by atoms with Crippen molar-refractivity contribution in [2.45, 2.75) is 6.04 Å². The van der Waals surface area contributed by atoms with Gasteiger partial charge in [0, 0.05) is 24.8 Å². The monoisotopic (exact) mass is 369 g/mol. The quantitative estimate of drug-likeness (QED) is 0.497. The van der Waals surface area contributed by atoms with E-state index in [0.29, 0.717) is 18.8 Å². The zero-order valence-electron chi connectivity index (χ0n) is 15.1. The van der Waals surface area contributed by atoms with E-state index in [1.54, 1.807) is 24.4 Å². The Labute approximate surface area is 156 Å². The van der Waals surface area contributed by atoms with Crippen LogP contribution in [-0.4, -0.2) is 58.8 Å². The summed E-state index contributed by atoms with van der Waals surface area (Å²) >= 11 is 0. The molecule has 1 aliphatic heterocycles. The van der Waals surface area contributed by atoms with Gasteiger partial charge in [-0.3, -0.25) is 14.6 Å². The normalized spacial score (nSPS) is 19.1. The van der Waals surface area contributed by atoms with Crippen molar-refractivity contribution in [1.82, 2.24) is 14.8 Å². The van der Waals surface area contributed by atoms with E-state index < -0.39 is 23.5 Å². The highest BCUT2D eigenvalue weighted by molar-refractivity contribution is 6.46. The maximum Gasteiger partial charge on any atom is 0.295 e. The van der Waals surface area contributed by atoms with Crippen molar-refractivity contribution < 1.29 is 19.1 Å². The molecule has 6 nitrogen and oxygen atoms in total. The number of likely N-dealkylation sites (N-methyl/N-ethyl adjacent to an activating group) is 1. The topological polar surface area (TPSA) is 73.7 Å². The summed E-state index contributed by atoms with van der Waals surface area (Å²) in [5.41, 5.74) is 0.714. The van der Waals surface area contributed by atoms with Crippen LogP contribution in [0.15, 0.2) is 54.2 Å². The molecule has 1 amide bonds. The molecule has 7 heteroatoms. The first kappa shape index (κ1) is 18.7. The van der Waals surface area contributed by atoms with Crippen molar-refractivity contribution in [1.29, 1.82) is 0 Å². The van der Waals surface area contributed by atoms with E-state index in [1.165, 1.54) is 29.2 Å². The fourth-order valence-corrected chi connectivity index (χ4v) is 3.03. The number of hydrogen-bond acceptors (Lipinski definition) is 5. The number of aliphatic hydroxyl groups is 1. The minimum Gasteiger partial charge on any atom is -0.507 e. The summed E-state index contributed by atoms with van der Waals surface area (Å²) in [6, 6.07) is 9.51. The van der Waals surface area contributed by atoms with Crippen LogP contribution >= 0.6 is 0 Å². The van der Waals surface area contributed by atoms with E-state index in [-0.39, 0.29) is 16.9 Å². The van der Waals surface area contributed by atoms with Gasteiger partial charge in [0.1, 0.15) is 17.6 Å². The third kappa shape index (κ3) is 3.73. The van der Waals surface area contributed by atoms with Gasteiger partial charge in [-0.2, -0.15) is 0 Å². The number of halogens is 1. The molecule has 0 saturated carbocycles. The van der Waals surface area contributed by atoms with Gasteiger partial charge in [0.25, 0.3) is 11.7 Å². The highest BCUT2D eigenvalue weighted by Gasteiger charge is 2.46. The van der Waals surface area contributed by atoms with Crippen molar-refractivity contribution in [3.8, 4) is 0 Å². The number of benzene rings is 1. The molecule has 2 aromatic rings. The Morgan fingerprint density at radius 1 is 1.19 bits per heavy atom. The summed E-state index contributed by atoms with van der Waals surface area (Å²) in [5, 5.41) is 10.7. The van der Waals surface area contributed by atoms with Gasteiger partial charge >= 0.3 is 0 Å². The largest absolute Gasteiger partial charge is 0.507 e. The van der Waals surface area contributed by atoms with Crippen LogP contribution in [0.2, 0.25) is 0 Å². The Kier molecular flexibility index (Phi) is 5.32. The van der Waals surface area contributed by atoms with Crippen molar-refractivity contribution in [3.05, 3.63) is 71.3 Å². The SMILES string of the molecule is CN(C)CCN1C(=O)C(=O)C(=C(O)c2ccc(F)cc2)[C@@H]1c1ccccn1. The Bertz CT molecular complexity index is 879. The minimum absolute atomic E-state index is 0.0379. The molecule has 1 aromatic heterocycles. The van der Waals surface area contributed by atoms with Crippen molar-refractivity contribution in [2.24, 2.45) is 0 Å². The lowest BCUT2D eigenvalue weighted by Gasteiger charge is -2.25. The number of nitrogens with zero attached hydrogens (tertiary/aromatic N) is 3. The highest BCUT2D eigenvalue weighted by Crippen LogP contribution is 2.38. The average Bonchev–Trinajstić information content (AvgIpc) is 2.91. The predicted octanol–water partition coefficient (Wildman–Crippen LogP) is 2.20. The predicted molar refractivity (Wildman–Crippen MR) is 98.2 cm³/mol. The number of carbonyl (C=O) groups is 2. The van der Waals surface area contributed by atoms with Crippen molar-refractivity contribution in [2.75, 3.05) is 27.2 Å². The molecule has 0 aliphatic carbocycles. The molecule has 0 spiro atoms. The number of rotatable bonds is 5. The molecule has 3 rings (SSSR count). The Hall–Kier alpha value is -3.06. The molecule has 1 saturated heterocycles. The molecular weight excluding hydrogens is 349 g/mol. The number of pyridine rings is 1. The molecule has 0 radical (unpaired) electrons. The van der Waals surface area contributed by atoms with Crippen molar-refractivity contribution >= 4 is 17.4 Å². The first-order valence-corrected chi connectivity index (χ1v) is 8.50. The lowest BCUT2D eigenvalue weighted by Crippen LogP contribution is -2.35. The van der Waals surface area contributed by atoms with Crippen molar-refractivity contribution in [3.63, 3.8) is 0 Å². The maximum absolute atomic E-state index is 13.2. The molecule has 1 N–H and O–H groups in total. The molecule has 2 heterocycles. The Morgan fingerprint density at radius 3 is 2.48 bits per heavy atom. The van der Waals surface area contributed by atoms with E-state index in [0.717, 1.165) is 0 Å². The average molecular weight is 369 g/mol. The Morgan fingerprint density at radius 2 is 1.89 bits per heavy atom. The van der Waals surface area contributed by atoms with E-state index in [4.69, 9.17) is 0 Å². The van der Waals surface area contributed by atoms with E-state index >= 15 is 0 Å². The second-order valence-electron chi connectivity index (χ2n) is 6.56. The number of amides is 1. The molecule has 27 heavy (non-hydrogen) atoms. The number of carbonyl (C=O) groups excluding carboxylic acids is 2. The molecule has 0 bridgehead atoms. The van der Waals surface area contributed by atoms with E-state index in [9.17, 15) is 19.1 Å². The number of likely N-dealkylation sites (tertiary alicyclic amines) is 1. The van der Waals surface area contributed by atoms with Crippen LogP contribution in [0.1, 0.15) is 17.3 Å². The number of hydrogen-bond donors (Lipinski definition) is 1. The Balaban J connectivity index is 2.12. The summed E-state index contributed by atoms with van der Waals surface area (Å²) in [6.07, 6.45) is 1.57.